The number of hydrogen-bond acceptors (Lipinski definition) is 4. The number of imidazole rings is 1. The number of fused-ring (bicyclic) bond motifs is 2. The van der Waals surface area contributed by atoms with Gasteiger partial charge in [-0.2, -0.15) is 0 Å². The quantitative estimate of drug-likeness (QED) is 0.745. The van der Waals surface area contributed by atoms with Crippen molar-refractivity contribution in [2.45, 2.75) is 6.92 Å². The fourth-order valence-electron chi connectivity index (χ4n) is 2.68. The summed E-state index contributed by atoms with van der Waals surface area (Å²) >= 11 is 0. The van der Waals surface area contributed by atoms with E-state index in [0.717, 1.165) is 34.1 Å². The van der Waals surface area contributed by atoms with Crippen molar-refractivity contribution in [3.8, 4) is 22.8 Å². The Hall–Kier alpha value is -2.69. The van der Waals surface area contributed by atoms with Gasteiger partial charge in [-0.3, -0.25) is 4.40 Å². The van der Waals surface area contributed by atoms with E-state index in [4.69, 9.17) is 15.2 Å². The molecule has 0 saturated heterocycles. The lowest BCUT2D eigenvalue weighted by Gasteiger charge is -2.18. The second-order valence-corrected chi connectivity index (χ2v) is 5.06. The lowest BCUT2D eigenvalue weighted by Crippen LogP contribution is -2.15. The maximum absolute atomic E-state index is 6.28. The van der Waals surface area contributed by atoms with E-state index in [9.17, 15) is 0 Å². The summed E-state index contributed by atoms with van der Waals surface area (Å²) in [4.78, 5) is 4.63. The first-order valence-corrected chi connectivity index (χ1v) is 6.87. The number of pyridine rings is 1. The zero-order valence-corrected chi connectivity index (χ0v) is 11.7. The van der Waals surface area contributed by atoms with Crippen LogP contribution in [0.3, 0.4) is 0 Å². The minimum atomic E-state index is 0.566. The molecule has 0 spiro atoms. The van der Waals surface area contributed by atoms with E-state index in [2.05, 4.69) is 4.98 Å². The van der Waals surface area contributed by atoms with Gasteiger partial charge in [-0.25, -0.2) is 4.98 Å². The van der Waals surface area contributed by atoms with Gasteiger partial charge in [0.05, 0.1) is 0 Å². The Morgan fingerprint density at radius 2 is 1.90 bits per heavy atom. The lowest BCUT2D eigenvalue weighted by atomic mass is 10.1. The van der Waals surface area contributed by atoms with Crippen molar-refractivity contribution in [1.82, 2.24) is 9.38 Å². The molecule has 1 aliphatic heterocycles. The minimum absolute atomic E-state index is 0.566. The van der Waals surface area contributed by atoms with Gasteiger partial charge in [0, 0.05) is 11.3 Å². The van der Waals surface area contributed by atoms with Gasteiger partial charge in [-0.15, -0.1) is 0 Å². The molecule has 0 bridgehead atoms. The highest BCUT2D eigenvalue weighted by Gasteiger charge is 2.17. The summed E-state index contributed by atoms with van der Waals surface area (Å²) in [6.07, 6.45) is 0. The molecule has 3 heterocycles. The van der Waals surface area contributed by atoms with E-state index in [0.29, 0.717) is 19.0 Å². The van der Waals surface area contributed by atoms with Gasteiger partial charge < -0.3 is 15.2 Å². The van der Waals surface area contributed by atoms with Crippen molar-refractivity contribution in [3.63, 3.8) is 0 Å². The molecule has 0 aliphatic carbocycles. The maximum Gasteiger partial charge on any atom is 0.162 e. The normalized spacial score (nSPS) is 13.6. The van der Waals surface area contributed by atoms with Crippen LogP contribution in [0.1, 0.15) is 5.69 Å². The van der Waals surface area contributed by atoms with Crippen LogP contribution in [-0.4, -0.2) is 22.6 Å². The van der Waals surface area contributed by atoms with E-state index >= 15 is 0 Å². The molecule has 4 rings (SSSR count). The highest BCUT2D eigenvalue weighted by atomic mass is 16.6. The van der Waals surface area contributed by atoms with E-state index in [-0.39, 0.29) is 0 Å². The van der Waals surface area contributed by atoms with Gasteiger partial charge in [-0.05, 0) is 37.3 Å². The summed E-state index contributed by atoms with van der Waals surface area (Å²) in [7, 11) is 0. The molecule has 21 heavy (non-hydrogen) atoms. The molecule has 5 nitrogen and oxygen atoms in total. The Balaban J connectivity index is 1.90. The molecule has 0 saturated carbocycles. The molecule has 1 aromatic carbocycles. The molecule has 0 radical (unpaired) electrons. The van der Waals surface area contributed by atoms with Crippen molar-refractivity contribution in [1.29, 1.82) is 0 Å². The SMILES string of the molecule is Cc1cccc2nc(-c3ccc4c(c3)OCCO4)c(N)n12. The van der Waals surface area contributed by atoms with Crippen LogP contribution in [0.15, 0.2) is 36.4 Å². The third-order valence-electron chi connectivity index (χ3n) is 3.69. The van der Waals surface area contributed by atoms with E-state index in [1.807, 2.05) is 47.7 Å². The Morgan fingerprint density at radius 1 is 1.10 bits per heavy atom. The van der Waals surface area contributed by atoms with Crippen LogP contribution in [0, 0.1) is 6.92 Å². The number of aryl methyl sites for hydroxylation is 1. The summed E-state index contributed by atoms with van der Waals surface area (Å²) in [5, 5.41) is 0. The number of rotatable bonds is 1. The second-order valence-electron chi connectivity index (χ2n) is 5.06. The van der Waals surface area contributed by atoms with Crippen LogP contribution in [-0.2, 0) is 0 Å². The van der Waals surface area contributed by atoms with Crippen LogP contribution < -0.4 is 15.2 Å². The number of aromatic nitrogens is 2. The van der Waals surface area contributed by atoms with Crippen LogP contribution in [0.2, 0.25) is 0 Å². The Bertz CT molecular complexity index is 839. The molecular weight excluding hydrogens is 266 g/mol. The van der Waals surface area contributed by atoms with Crippen molar-refractivity contribution in [3.05, 3.63) is 42.1 Å². The molecule has 0 atom stereocenters. The maximum atomic E-state index is 6.28. The highest BCUT2D eigenvalue weighted by Crippen LogP contribution is 2.36. The first-order chi connectivity index (χ1) is 10.2. The van der Waals surface area contributed by atoms with Crippen molar-refractivity contribution in [2.24, 2.45) is 0 Å². The van der Waals surface area contributed by atoms with Crippen LogP contribution in [0.25, 0.3) is 16.9 Å². The van der Waals surface area contributed by atoms with Crippen molar-refractivity contribution >= 4 is 11.5 Å². The van der Waals surface area contributed by atoms with Gasteiger partial charge in [0.2, 0.25) is 0 Å². The van der Waals surface area contributed by atoms with E-state index in [1.165, 1.54) is 0 Å². The predicted octanol–water partition coefficient (Wildman–Crippen LogP) is 2.66. The first-order valence-electron chi connectivity index (χ1n) is 6.87. The summed E-state index contributed by atoms with van der Waals surface area (Å²) in [6, 6.07) is 11.7. The third-order valence-corrected chi connectivity index (χ3v) is 3.69. The number of ether oxygens (including phenoxy) is 2. The average molecular weight is 281 g/mol. The molecule has 106 valence electrons. The standard InChI is InChI=1S/C16H15N3O2/c1-10-3-2-4-14-18-15(16(17)19(10)14)11-5-6-12-13(9-11)21-8-7-20-12/h2-6,9H,7-8,17H2,1H3. The number of nitrogens with zero attached hydrogens (tertiary/aromatic N) is 2. The van der Waals surface area contributed by atoms with Gasteiger partial charge >= 0.3 is 0 Å². The van der Waals surface area contributed by atoms with Crippen LogP contribution in [0.4, 0.5) is 5.82 Å². The molecule has 0 amide bonds. The zero-order valence-electron chi connectivity index (χ0n) is 11.7. The number of nitrogens with two attached hydrogens (primary N) is 1. The fraction of sp³-hybridized carbons (Fsp3) is 0.188. The lowest BCUT2D eigenvalue weighted by molar-refractivity contribution is 0.171. The summed E-state index contributed by atoms with van der Waals surface area (Å²) in [5.41, 5.74) is 9.87. The summed E-state index contributed by atoms with van der Waals surface area (Å²) in [5.74, 6) is 2.15. The molecule has 2 N–H and O–H groups in total. The Morgan fingerprint density at radius 3 is 2.71 bits per heavy atom. The number of nitrogen functional groups attached to an aromatic ring is 1. The smallest absolute Gasteiger partial charge is 0.162 e. The minimum Gasteiger partial charge on any atom is -0.486 e. The van der Waals surface area contributed by atoms with Crippen molar-refractivity contribution < 1.29 is 9.47 Å². The molecule has 0 fully saturated rings. The molecular formula is C16H15N3O2. The van der Waals surface area contributed by atoms with E-state index in [1.54, 1.807) is 0 Å². The number of benzene rings is 1. The molecule has 0 unspecified atom stereocenters. The molecule has 3 aromatic rings. The largest absolute Gasteiger partial charge is 0.486 e. The number of hydrogen-bond donors (Lipinski definition) is 1. The average Bonchev–Trinajstić information content (AvgIpc) is 2.85. The zero-order chi connectivity index (χ0) is 14.4. The van der Waals surface area contributed by atoms with E-state index < -0.39 is 0 Å². The molecule has 1 aliphatic rings. The molecule has 5 heteroatoms. The van der Waals surface area contributed by atoms with Gasteiger partial charge in [0.15, 0.2) is 11.5 Å². The summed E-state index contributed by atoms with van der Waals surface area (Å²) in [6.45, 7) is 3.16. The van der Waals surface area contributed by atoms with Crippen LogP contribution in [0.5, 0.6) is 11.5 Å². The van der Waals surface area contributed by atoms with Gasteiger partial charge in [0.1, 0.15) is 30.4 Å². The van der Waals surface area contributed by atoms with Crippen molar-refractivity contribution in [2.75, 3.05) is 18.9 Å². The summed E-state index contributed by atoms with van der Waals surface area (Å²) < 4.78 is 13.1. The first kappa shape index (κ1) is 12.1. The topological polar surface area (TPSA) is 61.8 Å². The molecule has 2 aromatic heterocycles. The Kier molecular flexibility index (Phi) is 2.54. The Labute approximate surface area is 121 Å². The third kappa shape index (κ3) is 1.81. The highest BCUT2D eigenvalue weighted by molar-refractivity contribution is 5.76. The van der Waals surface area contributed by atoms with Gasteiger partial charge in [0.25, 0.3) is 0 Å². The van der Waals surface area contributed by atoms with Gasteiger partial charge in [-0.1, -0.05) is 6.07 Å². The fourth-order valence-corrected chi connectivity index (χ4v) is 2.68. The monoisotopic (exact) mass is 281 g/mol. The second kappa shape index (κ2) is 4.41. The predicted molar refractivity (Wildman–Crippen MR) is 80.8 cm³/mol. The number of anilines is 1. The van der Waals surface area contributed by atoms with Crippen LogP contribution >= 0.6 is 0 Å².